The van der Waals surface area contributed by atoms with Gasteiger partial charge in [-0.05, 0) is 47.5 Å². The molecule has 2 aromatic rings. The van der Waals surface area contributed by atoms with Gasteiger partial charge >= 0.3 is 0 Å². The van der Waals surface area contributed by atoms with E-state index in [4.69, 9.17) is 11.6 Å². The molecule has 0 aliphatic carbocycles. The Hall–Kier alpha value is -1.13. The zero-order valence-electron chi connectivity index (χ0n) is 10.2. The van der Waals surface area contributed by atoms with Crippen molar-refractivity contribution in [2.75, 3.05) is 11.4 Å². The lowest BCUT2D eigenvalue weighted by atomic mass is 10.2. The molecule has 1 aromatic carbocycles. The van der Waals surface area contributed by atoms with Crippen LogP contribution in [0.1, 0.15) is 12.5 Å². The van der Waals surface area contributed by atoms with E-state index in [1.807, 2.05) is 6.07 Å². The summed E-state index contributed by atoms with van der Waals surface area (Å²) in [6.45, 7) is 4.94. The van der Waals surface area contributed by atoms with Crippen LogP contribution in [0.4, 0.5) is 11.5 Å². The van der Waals surface area contributed by atoms with Gasteiger partial charge in [0.15, 0.2) is 5.82 Å². The predicted octanol–water partition coefficient (Wildman–Crippen LogP) is 4.36. The van der Waals surface area contributed by atoms with Crippen molar-refractivity contribution in [3.05, 3.63) is 45.8 Å². The maximum absolute atomic E-state index is 6.01. The van der Waals surface area contributed by atoms with E-state index in [9.17, 15) is 0 Å². The highest BCUT2D eigenvalue weighted by molar-refractivity contribution is 9.10. The molecule has 2 rings (SSSR count). The van der Waals surface area contributed by atoms with Gasteiger partial charge in [0, 0.05) is 12.2 Å². The fraction of sp³-hybridized carbons (Fsp3) is 0.231. The fourth-order valence-corrected chi connectivity index (χ4v) is 2.33. The number of nitrogens with zero attached hydrogens (tertiary/aromatic N) is 3. The van der Waals surface area contributed by atoms with Gasteiger partial charge in [0.2, 0.25) is 0 Å². The Balaban J connectivity index is 2.49. The van der Waals surface area contributed by atoms with Gasteiger partial charge in [0.05, 0.1) is 4.47 Å². The first kappa shape index (κ1) is 13.3. The lowest BCUT2D eigenvalue weighted by Gasteiger charge is -2.23. The molecule has 0 saturated heterocycles. The minimum atomic E-state index is 0.422. The van der Waals surface area contributed by atoms with Crippen molar-refractivity contribution < 1.29 is 0 Å². The molecule has 0 aliphatic heterocycles. The van der Waals surface area contributed by atoms with Gasteiger partial charge in [-0.15, -0.1) is 0 Å². The second-order valence-electron chi connectivity index (χ2n) is 3.89. The van der Waals surface area contributed by atoms with Crippen LogP contribution >= 0.6 is 27.5 Å². The maximum atomic E-state index is 6.01. The highest BCUT2D eigenvalue weighted by Gasteiger charge is 2.14. The van der Waals surface area contributed by atoms with E-state index < -0.39 is 0 Å². The van der Waals surface area contributed by atoms with Crippen LogP contribution in [0.25, 0.3) is 0 Å². The molecule has 0 radical (unpaired) electrons. The third-order valence-corrected chi connectivity index (χ3v) is 3.86. The number of aromatic nitrogens is 2. The van der Waals surface area contributed by atoms with Crippen LogP contribution in [-0.2, 0) is 0 Å². The molecule has 0 unspecified atom stereocenters. The van der Waals surface area contributed by atoms with Crippen LogP contribution in [-0.4, -0.2) is 16.5 Å². The third-order valence-electron chi connectivity index (χ3n) is 2.61. The standard InChI is InChI=1S/C13H13BrClN3/c1-3-18(10-6-4-5-9(2)7-10)13-11(14)12(15)16-8-17-13/h4-8H,3H2,1-2H3. The van der Waals surface area contributed by atoms with Crippen LogP contribution in [0, 0.1) is 6.92 Å². The van der Waals surface area contributed by atoms with Gasteiger partial charge < -0.3 is 4.90 Å². The molecule has 0 atom stereocenters. The number of anilines is 2. The molecule has 1 heterocycles. The number of benzene rings is 1. The maximum Gasteiger partial charge on any atom is 0.152 e. The molecule has 0 amide bonds. The third kappa shape index (κ3) is 2.65. The molecule has 1 aromatic heterocycles. The van der Waals surface area contributed by atoms with Crippen molar-refractivity contribution in [3.8, 4) is 0 Å². The van der Waals surface area contributed by atoms with E-state index in [1.165, 1.54) is 11.9 Å². The zero-order valence-corrected chi connectivity index (χ0v) is 12.5. The largest absolute Gasteiger partial charge is 0.326 e. The van der Waals surface area contributed by atoms with Gasteiger partial charge in [-0.2, -0.15) is 0 Å². The summed E-state index contributed by atoms with van der Waals surface area (Å²) >= 11 is 9.45. The average Bonchev–Trinajstić information content (AvgIpc) is 2.35. The molecule has 0 bridgehead atoms. The Bertz CT molecular complexity index is 560. The first-order valence-corrected chi connectivity index (χ1v) is 6.80. The number of aryl methyl sites for hydroxylation is 1. The van der Waals surface area contributed by atoms with Crippen LogP contribution < -0.4 is 4.90 Å². The lowest BCUT2D eigenvalue weighted by Crippen LogP contribution is -2.18. The smallest absolute Gasteiger partial charge is 0.152 e. The quantitative estimate of drug-likeness (QED) is 0.785. The summed E-state index contributed by atoms with van der Waals surface area (Å²) in [7, 11) is 0. The highest BCUT2D eigenvalue weighted by Crippen LogP contribution is 2.33. The Morgan fingerprint density at radius 3 is 2.78 bits per heavy atom. The molecular weight excluding hydrogens is 314 g/mol. The molecule has 0 fully saturated rings. The zero-order chi connectivity index (χ0) is 13.1. The van der Waals surface area contributed by atoms with Gasteiger partial charge in [0.1, 0.15) is 11.5 Å². The van der Waals surface area contributed by atoms with Gasteiger partial charge in [-0.1, -0.05) is 23.7 Å². The highest BCUT2D eigenvalue weighted by atomic mass is 79.9. The van der Waals surface area contributed by atoms with Gasteiger partial charge in [-0.3, -0.25) is 0 Å². The lowest BCUT2D eigenvalue weighted by molar-refractivity contribution is 0.968. The van der Waals surface area contributed by atoms with Gasteiger partial charge in [-0.25, -0.2) is 9.97 Å². The molecule has 0 N–H and O–H groups in total. The van der Waals surface area contributed by atoms with Crippen molar-refractivity contribution in [1.29, 1.82) is 0 Å². The SMILES string of the molecule is CCN(c1cccc(C)c1)c1ncnc(Cl)c1Br. The minimum Gasteiger partial charge on any atom is -0.326 e. The summed E-state index contributed by atoms with van der Waals surface area (Å²) in [6.07, 6.45) is 1.47. The number of halogens is 2. The summed E-state index contributed by atoms with van der Waals surface area (Å²) < 4.78 is 0.718. The molecule has 18 heavy (non-hydrogen) atoms. The van der Waals surface area contributed by atoms with E-state index >= 15 is 0 Å². The van der Waals surface area contributed by atoms with Gasteiger partial charge in [0.25, 0.3) is 0 Å². The Morgan fingerprint density at radius 2 is 2.11 bits per heavy atom. The molecule has 0 aliphatic rings. The first-order chi connectivity index (χ1) is 8.63. The van der Waals surface area contributed by atoms with Crippen molar-refractivity contribution in [1.82, 2.24) is 9.97 Å². The first-order valence-electron chi connectivity index (χ1n) is 5.63. The second-order valence-corrected chi connectivity index (χ2v) is 5.04. The van der Waals surface area contributed by atoms with Crippen LogP contribution in [0.5, 0.6) is 0 Å². The summed E-state index contributed by atoms with van der Waals surface area (Å²) in [5, 5.41) is 0.422. The monoisotopic (exact) mass is 325 g/mol. The van der Waals surface area contributed by atoms with E-state index in [0.717, 1.165) is 22.5 Å². The predicted molar refractivity (Wildman–Crippen MR) is 78.6 cm³/mol. The Morgan fingerprint density at radius 1 is 1.33 bits per heavy atom. The minimum absolute atomic E-state index is 0.422. The molecule has 3 nitrogen and oxygen atoms in total. The molecule has 5 heteroatoms. The fourth-order valence-electron chi connectivity index (χ4n) is 1.78. The summed E-state index contributed by atoms with van der Waals surface area (Å²) in [5.74, 6) is 0.781. The van der Waals surface area contributed by atoms with Crippen molar-refractivity contribution in [3.63, 3.8) is 0 Å². The average molecular weight is 327 g/mol. The number of hydrogen-bond donors (Lipinski definition) is 0. The Labute approximate surface area is 120 Å². The normalized spacial score (nSPS) is 10.4. The number of hydrogen-bond acceptors (Lipinski definition) is 3. The Kier molecular flexibility index (Phi) is 4.19. The number of rotatable bonds is 3. The van der Waals surface area contributed by atoms with E-state index in [2.05, 4.69) is 62.8 Å². The van der Waals surface area contributed by atoms with Crippen molar-refractivity contribution in [2.45, 2.75) is 13.8 Å². The van der Waals surface area contributed by atoms with E-state index in [-0.39, 0.29) is 0 Å². The molecule has 0 saturated carbocycles. The van der Waals surface area contributed by atoms with Crippen molar-refractivity contribution >= 4 is 39.0 Å². The van der Waals surface area contributed by atoms with Crippen LogP contribution in [0.2, 0.25) is 5.15 Å². The van der Waals surface area contributed by atoms with E-state index in [1.54, 1.807) is 0 Å². The molecule has 0 spiro atoms. The summed E-state index contributed by atoms with van der Waals surface area (Å²) in [6, 6.07) is 8.27. The topological polar surface area (TPSA) is 29.0 Å². The summed E-state index contributed by atoms with van der Waals surface area (Å²) in [4.78, 5) is 10.3. The summed E-state index contributed by atoms with van der Waals surface area (Å²) in [5.41, 5.74) is 2.30. The van der Waals surface area contributed by atoms with Crippen molar-refractivity contribution in [2.24, 2.45) is 0 Å². The second kappa shape index (κ2) is 5.67. The van der Waals surface area contributed by atoms with Crippen LogP contribution in [0.3, 0.4) is 0 Å². The van der Waals surface area contributed by atoms with Crippen LogP contribution in [0.15, 0.2) is 35.1 Å². The molecule has 94 valence electrons. The molecular formula is C13H13BrClN3. The van der Waals surface area contributed by atoms with E-state index in [0.29, 0.717) is 5.15 Å².